The minimum Gasteiger partial charge on any atom is -0.265 e. The smallest absolute Gasteiger partial charge is 0.265 e. The van der Waals surface area contributed by atoms with Gasteiger partial charge in [0.1, 0.15) is 10.8 Å². The molecule has 0 spiro atoms. The lowest BCUT2D eigenvalue weighted by Crippen LogP contribution is -2.18. The molecule has 0 N–H and O–H groups in total. The second kappa shape index (κ2) is 8.48. The number of rotatable bonds is 4. The van der Waals surface area contributed by atoms with Gasteiger partial charge in [-0.15, -0.1) is 0 Å². The summed E-state index contributed by atoms with van der Waals surface area (Å²) in [5.74, 6) is -1.46. The van der Waals surface area contributed by atoms with Crippen LogP contribution in [0.4, 0.5) is 13.2 Å². The normalized spacial score (nSPS) is 12.9. The molecule has 0 bridgehead atoms. The van der Waals surface area contributed by atoms with Gasteiger partial charge in [-0.1, -0.05) is 35.9 Å². The molecule has 0 aromatic carbocycles. The first-order valence-corrected chi connectivity index (χ1v) is 11.3. The highest BCUT2D eigenvalue weighted by molar-refractivity contribution is 7.91. The molecule has 0 aliphatic rings. The van der Waals surface area contributed by atoms with Gasteiger partial charge < -0.3 is 0 Å². The molecule has 0 aliphatic carbocycles. The molecule has 14 heteroatoms. The number of sulfone groups is 1. The molecule has 164 valence electrons. The maximum atomic E-state index is 12.8. The summed E-state index contributed by atoms with van der Waals surface area (Å²) in [7, 11) is -2.75. The van der Waals surface area contributed by atoms with E-state index < -0.39 is 37.5 Å². The van der Waals surface area contributed by atoms with Gasteiger partial charge in [0.05, 0.1) is 16.3 Å². The second-order valence-corrected chi connectivity index (χ2v) is 9.64. The lowest BCUT2D eigenvalue weighted by Gasteiger charge is -2.08. The first-order chi connectivity index (χ1) is 14.4. The highest BCUT2D eigenvalue weighted by Gasteiger charge is 2.35. The molecule has 0 fully saturated rings. The van der Waals surface area contributed by atoms with Crippen LogP contribution in [0.25, 0.3) is 11.3 Å². The van der Waals surface area contributed by atoms with E-state index in [0.29, 0.717) is 5.69 Å². The van der Waals surface area contributed by atoms with E-state index in [1.165, 1.54) is 32.3 Å². The predicted molar refractivity (Wildman–Crippen MR) is 106 cm³/mol. The Kier molecular flexibility index (Phi) is 6.30. The monoisotopic (exact) mass is 491 g/mol. The molecule has 0 saturated heterocycles. The number of pyridine rings is 2. The second-order valence-electron chi connectivity index (χ2n) is 6.05. The van der Waals surface area contributed by atoms with Crippen LogP contribution in [0.5, 0.6) is 0 Å². The molecule has 0 saturated carbocycles. The molecule has 3 aromatic heterocycles. The molecule has 3 aromatic rings. The molecule has 0 aliphatic heterocycles. The third-order valence-electron chi connectivity index (χ3n) is 3.93. The zero-order valence-corrected chi connectivity index (χ0v) is 18.3. The summed E-state index contributed by atoms with van der Waals surface area (Å²) in [6.45, 7) is 1.38. The van der Waals surface area contributed by atoms with Crippen molar-refractivity contribution < 1.29 is 26.4 Å². The summed E-state index contributed by atoms with van der Waals surface area (Å²) in [5.41, 5.74) is 0.0931. The average Bonchev–Trinajstić information content (AvgIpc) is 3.08. The van der Waals surface area contributed by atoms with E-state index in [4.69, 9.17) is 11.6 Å². The van der Waals surface area contributed by atoms with E-state index in [2.05, 4.69) is 20.1 Å². The SMILES string of the molecule is CCS(=O)(=O)c1cc(-c2cccc(Cl)n2)cnc1C(=O)N=c1sc(C(F)(F)F)nn1C. The minimum absolute atomic E-state index is 0.148. The lowest BCUT2D eigenvalue weighted by molar-refractivity contribution is -0.138. The number of amides is 1. The Morgan fingerprint density at radius 2 is 2.03 bits per heavy atom. The van der Waals surface area contributed by atoms with Gasteiger partial charge in [-0.3, -0.25) is 4.79 Å². The van der Waals surface area contributed by atoms with E-state index in [1.54, 1.807) is 12.1 Å². The number of carbonyl (C=O) groups is 1. The quantitative estimate of drug-likeness (QED) is 0.519. The van der Waals surface area contributed by atoms with Crippen LogP contribution >= 0.6 is 22.9 Å². The predicted octanol–water partition coefficient (Wildman–Crippen LogP) is 3.15. The Balaban J connectivity index is 2.15. The number of halogens is 4. The molecule has 0 radical (unpaired) electrons. The number of hydrogen-bond acceptors (Lipinski definition) is 7. The van der Waals surface area contributed by atoms with Gasteiger partial charge in [-0.2, -0.15) is 23.3 Å². The minimum atomic E-state index is -4.71. The summed E-state index contributed by atoms with van der Waals surface area (Å²) in [4.78, 5) is 23.5. The number of hydrogen-bond donors (Lipinski definition) is 0. The van der Waals surface area contributed by atoms with Crippen LogP contribution in [0.2, 0.25) is 5.15 Å². The molecular formula is C17H13ClF3N5O3S2. The van der Waals surface area contributed by atoms with Crippen molar-refractivity contribution in [3.8, 4) is 11.3 Å². The van der Waals surface area contributed by atoms with Gasteiger partial charge in [-0.25, -0.2) is 23.1 Å². The van der Waals surface area contributed by atoms with Gasteiger partial charge in [0.2, 0.25) is 9.81 Å². The summed E-state index contributed by atoms with van der Waals surface area (Å²) in [6, 6.07) is 5.92. The van der Waals surface area contributed by atoms with E-state index >= 15 is 0 Å². The van der Waals surface area contributed by atoms with Crippen molar-refractivity contribution in [1.29, 1.82) is 0 Å². The zero-order valence-electron chi connectivity index (χ0n) is 15.9. The molecule has 31 heavy (non-hydrogen) atoms. The third kappa shape index (κ3) is 4.99. The number of aryl methyl sites for hydroxylation is 1. The number of nitrogens with zero attached hydrogens (tertiary/aromatic N) is 5. The van der Waals surface area contributed by atoms with Crippen LogP contribution in [0.1, 0.15) is 22.4 Å². The lowest BCUT2D eigenvalue weighted by atomic mass is 10.2. The van der Waals surface area contributed by atoms with Crippen molar-refractivity contribution in [1.82, 2.24) is 19.7 Å². The summed E-state index contributed by atoms with van der Waals surface area (Å²) in [5, 5.41) is 2.26. The fourth-order valence-corrected chi connectivity index (χ4v) is 4.38. The Morgan fingerprint density at radius 1 is 1.32 bits per heavy atom. The van der Waals surface area contributed by atoms with Crippen LogP contribution < -0.4 is 4.80 Å². The third-order valence-corrected chi connectivity index (χ3v) is 6.92. The van der Waals surface area contributed by atoms with Crippen LogP contribution in [0, 0.1) is 0 Å². The fourth-order valence-electron chi connectivity index (χ4n) is 2.41. The number of carbonyl (C=O) groups excluding carboxylic acids is 1. The Morgan fingerprint density at radius 3 is 2.61 bits per heavy atom. The van der Waals surface area contributed by atoms with Gasteiger partial charge in [-0.05, 0) is 18.2 Å². The van der Waals surface area contributed by atoms with Crippen molar-refractivity contribution in [2.45, 2.75) is 18.0 Å². The van der Waals surface area contributed by atoms with Crippen molar-refractivity contribution >= 4 is 38.7 Å². The molecular weight excluding hydrogens is 479 g/mol. The summed E-state index contributed by atoms with van der Waals surface area (Å²) in [6.07, 6.45) is -3.50. The first kappa shape index (κ1) is 23.0. The van der Waals surface area contributed by atoms with Gasteiger partial charge in [0, 0.05) is 18.8 Å². The highest BCUT2D eigenvalue weighted by Crippen LogP contribution is 2.29. The maximum Gasteiger partial charge on any atom is 0.445 e. The van der Waals surface area contributed by atoms with E-state index in [9.17, 15) is 26.4 Å². The Labute approximate surface area is 183 Å². The fraction of sp³-hybridized carbons (Fsp3) is 0.235. The van der Waals surface area contributed by atoms with Crippen molar-refractivity contribution in [3.05, 3.63) is 51.1 Å². The highest BCUT2D eigenvalue weighted by atomic mass is 35.5. The van der Waals surface area contributed by atoms with Crippen molar-refractivity contribution in [2.75, 3.05) is 5.75 Å². The average molecular weight is 492 g/mol. The molecule has 0 atom stereocenters. The van der Waals surface area contributed by atoms with Gasteiger partial charge in [0.15, 0.2) is 9.84 Å². The van der Waals surface area contributed by atoms with Crippen LogP contribution in [0.15, 0.2) is 40.4 Å². The maximum absolute atomic E-state index is 12.8. The van der Waals surface area contributed by atoms with E-state index in [-0.39, 0.29) is 32.6 Å². The Bertz CT molecular complexity index is 1330. The molecule has 8 nitrogen and oxygen atoms in total. The molecule has 0 unspecified atom stereocenters. The summed E-state index contributed by atoms with van der Waals surface area (Å²) < 4.78 is 64.5. The van der Waals surface area contributed by atoms with E-state index in [1.807, 2.05) is 0 Å². The number of aromatic nitrogens is 4. The van der Waals surface area contributed by atoms with Crippen LogP contribution in [0.3, 0.4) is 0 Å². The zero-order chi connectivity index (χ0) is 23.0. The largest absolute Gasteiger partial charge is 0.445 e. The molecule has 3 heterocycles. The van der Waals surface area contributed by atoms with Gasteiger partial charge in [0.25, 0.3) is 5.91 Å². The van der Waals surface area contributed by atoms with Crippen LogP contribution in [-0.4, -0.2) is 39.8 Å². The Hall–Kier alpha value is -2.64. The van der Waals surface area contributed by atoms with E-state index in [0.717, 1.165) is 4.68 Å². The van der Waals surface area contributed by atoms with Crippen molar-refractivity contribution in [3.63, 3.8) is 0 Å². The molecule has 3 rings (SSSR count). The molecule has 1 amide bonds. The first-order valence-electron chi connectivity index (χ1n) is 8.48. The van der Waals surface area contributed by atoms with Crippen molar-refractivity contribution in [2.24, 2.45) is 12.0 Å². The standard InChI is InChI=1S/C17H13ClF3N5O3S2/c1-3-31(28,29)11-7-9(10-5-4-6-12(18)23-10)8-22-13(11)14(27)24-16-26(2)25-15(30-16)17(19,20)21/h4-8H,3H2,1-2H3. The topological polar surface area (TPSA) is 107 Å². The number of alkyl halides is 3. The van der Waals surface area contributed by atoms with Gasteiger partial charge >= 0.3 is 6.18 Å². The van der Waals surface area contributed by atoms with Crippen LogP contribution in [-0.2, 0) is 23.1 Å². The summed E-state index contributed by atoms with van der Waals surface area (Å²) >= 11 is 6.01.